The Morgan fingerprint density at radius 3 is 3.00 bits per heavy atom. The highest BCUT2D eigenvalue weighted by Crippen LogP contribution is 2.18. The number of aryl methyl sites for hydroxylation is 1. The summed E-state index contributed by atoms with van der Waals surface area (Å²) in [6.45, 7) is 2.60. The number of aliphatic hydroxyl groups excluding tert-OH is 1. The van der Waals surface area contributed by atoms with Gasteiger partial charge in [-0.3, -0.25) is 0 Å². The second kappa shape index (κ2) is 3.31. The fourth-order valence-corrected chi connectivity index (χ4v) is 1.64. The summed E-state index contributed by atoms with van der Waals surface area (Å²) in [7, 11) is 0. The maximum Gasteiger partial charge on any atom is 0.106 e. The summed E-state index contributed by atoms with van der Waals surface area (Å²) in [5.41, 5.74) is 8.32. The third-order valence-corrected chi connectivity index (χ3v) is 2.29. The van der Waals surface area contributed by atoms with Gasteiger partial charge in [0.2, 0.25) is 0 Å². The van der Waals surface area contributed by atoms with E-state index in [0.29, 0.717) is 6.54 Å². The Labute approximate surface area is 82.0 Å². The average molecular weight is 191 g/mol. The summed E-state index contributed by atoms with van der Waals surface area (Å²) in [5.74, 6) is 0.902. The predicted molar refractivity (Wildman–Crippen MR) is 56.0 cm³/mol. The van der Waals surface area contributed by atoms with Crippen LogP contribution in [0.5, 0.6) is 0 Å². The molecule has 4 heteroatoms. The Balaban J connectivity index is 2.66. The molecule has 1 aromatic carbocycles. The predicted octanol–water partition coefficient (Wildman–Crippen LogP) is 0.919. The molecule has 3 N–H and O–H groups in total. The molecule has 0 fully saturated rings. The number of anilines is 1. The molecule has 14 heavy (non-hydrogen) atoms. The standard InChI is InChI=1S/C10H13N3O/c1-7-12-9-3-2-8(11)6-10(9)13(7)4-5-14/h2-3,6,14H,4-5,11H2,1H3. The van der Waals surface area contributed by atoms with Crippen LogP contribution in [0.4, 0.5) is 5.69 Å². The highest BCUT2D eigenvalue weighted by molar-refractivity contribution is 5.79. The summed E-state index contributed by atoms with van der Waals surface area (Å²) < 4.78 is 1.96. The Morgan fingerprint density at radius 2 is 2.29 bits per heavy atom. The van der Waals surface area contributed by atoms with Crippen molar-refractivity contribution in [2.45, 2.75) is 13.5 Å². The van der Waals surface area contributed by atoms with E-state index in [1.54, 1.807) is 0 Å². The van der Waals surface area contributed by atoms with Crippen molar-refractivity contribution in [2.24, 2.45) is 0 Å². The maximum absolute atomic E-state index is 8.91. The minimum absolute atomic E-state index is 0.112. The van der Waals surface area contributed by atoms with E-state index in [4.69, 9.17) is 10.8 Å². The van der Waals surface area contributed by atoms with Crippen LogP contribution in [-0.2, 0) is 6.54 Å². The smallest absolute Gasteiger partial charge is 0.106 e. The van der Waals surface area contributed by atoms with Gasteiger partial charge in [-0.1, -0.05) is 0 Å². The van der Waals surface area contributed by atoms with Gasteiger partial charge in [-0.05, 0) is 25.1 Å². The van der Waals surface area contributed by atoms with Gasteiger partial charge >= 0.3 is 0 Å². The fraction of sp³-hybridized carbons (Fsp3) is 0.300. The topological polar surface area (TPSA) is 64.1 Å². The first-order chi connectivity index (χ1) is 6.72. The molecule has 0 unspecified atom stereocenters. The number of aliphatic hydroxyl groups is 1. The summed E-state index contributed by atoms with van der Waals surface area (Å²) >= 11 is 0. The van der Waals surface area contributed by atoms with Crippen molar-refractivity contribution in [1.82, 2.24) is 9.55 Å². The van der Waals surface area contributed by atoms with Gasteiger partial charge in [-0.2, -0.15) is 0 Å². The van der Waals surface area contributed by atoms with E-state index >= 15 is 0 Å². The van der Waals surface area contributed by atoms with E-state index in [1.165, 1.54) is 0 Å². The van der Waals surface area contributed by atoms with Gasteiger partial charge in [-0.25, -0.2) is 4.98 Å². The first-order valence-corrected chi connectivity index (χ1v) is 4.55. The van der Waals surface area contributed by atoms with E-state index < -0.39 is 0 Å². The highest BCUT2D eigenvalue weighted by atomic mass is 16.3. The van der Waals surface area contributed by atoms with E-state index in [-0.39, 0.29) is 6.61 Å². The van der Waals surface area contributed by atoms with Crippen LogP contribution in [0.2, 0.25) is 0 Å². The van der Waals surface area contributed by atoms with Crippen LogP contribution in [0.15, 0.2) is 18.2 Å². The molecule has 0 aliphatic heterocycles. The zero-order valence-electron chi connectivity index (χ0n) is 8.07. The molecule has 4 nitrogen and oxygen atoms in total. The number of hydrogen-bond donors (Lipinski definition) is 2. The van der Waals surface area contributed by atoms with Gasteiger partial charge in [0.1, 0.15) is 5.82 Å². The summed E-state index contributed by atoms with van der Waals surface area (Å²) in [6, 6.07) is 5.61. The van der Waals surface area contributed by atoms with Crippen LogP contribution >= 0.6 is 0 Å². The van der Waals surface area contributed by atoms with Crippen LogP contribution in [0.25, 0.3) is 11.0 Å². The van der Waals surface area contributed by atoms with E-state index in [9.17, 15) is 0 Å². The number of nitrogens with two attached hydrogens (primary N) is 1. The molecule has 74 valence electrons. The third kappa shape index (κ3) is 1.33. The molecule has 0 saturated carbocycles. The monoisotopic (exact) mass is 191 g/mol. The highest BCUT2D eigenvalue weighted by Gasteiger charge is 2.06. The van der Waals surface area contributed by atoms with Gasteiger partial charge in [0.05, 0.1) is 17.6 Å². The molecule has 0 spiro atoms. The van der Waals surface area contributed by atoms with E-state index in [1.807, 2.05) is 29.7 Å². The number of nitrogen functional groups attached to an aromatic ring is 1. The van der Waals surface area contributed by atoms with Crippen LogP contribution in [0.3, 0.4) is 0 Å². The average Bonchev–Trinajstić information content (AvgIpc) is 2.45. The summed E-state index contributed by atoms with van der Waals surface area (Å²) in [6.07, 6.45) is 0. The molecule has 0 amide bonds. The Bertz CT molecular complexity index is 462. The van der Waals surface area contributed by atoms with Gasteiger partial charge in [0.25, 0.3) is 0 Å². The summed E-state index contributed by atoms with van der Waals surface area (Å²) in [4.78, 5) is 4.37. The third-order valence-electron chi connectivity index (χ3n) is 2.29. The molecular formula is C10H13N3O. The number of benzene rings is 1. The van der Waals surface area contributed by atoms with Crippen molar-refractivity contribution < 1.29 is 5.11 Å². The molecule has 1 aromatic heterocycles. The maximum atomic E-state index is 8.91. The first kappa shape index (κ1) is 9.02. The first-order valence-electron chi connectivity index (χ1n) is 4.55. The molecule has 1 heterocycles. The molecule has 0 atom stereocenters. The second-order valence-electron chi connectivity index (χ2n) is 3.28. The molecule has 0 aliphatic rings. The lowest BCUT2D eigenvalue weighted by Gasteiger charge is -2.03. The number of nitrogens with zero attached hydrogens (tertiary/aromatic N) is 2. The minimum Gasteiger partial charge on any atom is -0.399 e. The van der Waals surface area contributed by atoms with Crippen molar-refractivity contribution in [3.63, 3.8) is 0 Å². The van der Waals surface area contributed by atoms with Crippen molar-refractivity contribution in [3.8, 4) is 0 Å². The zero-order chi connectivity index (χ0) is 10.1. The number of hydrogen-bond acceptors (Lipinski definition) is 3. The van der Waals surface area contributed by atoms with Crippen LogP contribution in [0.1, 0.15) is 5.82 Å². The molecule has 0 aliphatic carbocycles. The normalized spacial score (nSPS) is 11.0. The lowest BCUT2D eigenvalue weighted by molar-refractivity contribution is 0.276. The second-order valence-corrected chi connectivity index (χ2v) is 3.28. The van der Waals surface area contributed by atoms with Crippen molar-refractivity contribution in [2.75, 3.05) is 12.3 Å². The van der Waals surface area contributed by atoms with Crippen LogP contribution < -0.4 is 5.73 Å². The van der Waals surface area contributed by atoms with E-state index in [0.717, 1.165) is 22.5 Å². The van der Waals surface area contributed by atoms with Gasteiger partial charge < -0.3 is 15.4 Å². The fourth-order valence-electron chi connectivity index (χ4n) is 1.64. The molecule has 0 radical (unpaired) electrons. The summed E-state index contributed by atoms with van der Waals surface area (Å²) in [5, 5.41) is 8.91. The Kier molecular flexibility index (Phi) is 2.13. The number of rotatable bonds is 2. The number of aromatic nitrogens is 2. The molecule has 0 bridgehead atoms. The van der Waals surface area contributed by atoms with Gasteiger partial charge in [0, 0.05) is 12.2 Å². The van der Waals surface area contributed by atoms with Crippen LogP contribution in [-0.4, -0.2) is 21.3 Å². The molecule has 2 aromatic rings. The number of fused-ring (bicyclic) bond motifs is 1. The molecular weight excluding hydrogens is 178 g/mol. The SMILES string of the molecule is Cc1nc2ccc(N)cc2n1CCO. The van der Waals surface area contributed by atoms with Gasteiger partial charge in [-0.15, -0.1) is 0 Å². The van der Waals surface area contributed by atoms with Gasteiger partial charge in [0.15, 0.2) is 0 Å². The molecule has 0 saturated heterocycles. The number of imidazole rings is 1. The van der Waals surface area contributed by atoms with Crippen molar-refractivity contribution >= 4 is 16.7 Å². The van der Waals surface area contributed by atoms with Crippen molar-refractivity contribution in [3.05, 3.63) is 24.0 Å². The Morgan fingerprint density at radius 1 is 1.50 bits per heavy atom. The van der Waals surface area contributed by atoms with Crippen LogP contribution in [0, 0.1) is 6.92 Å². The lowest BCUT2D eigenvalue weighted by atomic mass is 10.3. The largest absolute Gasteiger partial charge is 0.399 e. The van der Waals surface area contributed by atoms with E-state index in [2.05, 4.69) is 4.98 Å². The lowest BCUT2D eigenvalue weighted by Crippen LogP contribution is -2.03. The zero-order valence-corrected chi connectivity index (χ0v) is 8.07. The van der Waals surface area contributed by atoms with Crippen molar-refractivity contribution in [1.29, 1.82) is 0 Å². The Hall–Kier alpha value is -1.55. The quantitative estimate of drug-likeness (QED) is 0.694. The molecule has 2 rings (SSSR count). The minimum atomic E-state index is 0.112.